The third-order valence-electron chi connectivity index (χ3n) is 2.39. The maximum Gasteiger partial charge on any atom is 0.418 e. The Hall–Kier alpha value is -2.39. The molecule has 0 bridgehead atoms. The molecular formula is C14H11O5P. The van der Waals surface area contributed by atoms with Gasteiger partial charge in [-0.1, -0.05) is 24.3 Å². The van der Waals surface area contributed by atoms with Crippen LogP contribution in [0, 0.1) is 0 Å². The molecule has 6 heteroatoms. The third kappa shape index (κ3) is 3.80. The van der Waals surface area contributed by atoms with Gasteiger partial charge < -0.3 is 9.05 Å². The number of carbonyl (C=O) groups excluding carboxylic acids is 2. The molecule has 0 radical (unpaired) electrons. The summed E-state index contributed by atoms with van der Waals surface area (Å²) < 4.78 is 22.0. The van der Waals surface area contributed by atoms with E-state index in [1.807, 2.05) is 0 Å². The van der Waals surface area contributed by atoms with Crippen molar-refractivity contribution in [1.29, 1.82) is 0 Å². The van der Waals surface area contributed by atoms with Gasteiger partial charge in [0.05, 0.1) is 0 Å². The molecule has 0 aliphatic rings. The summed E-state index contributed by atoms with van der Waals surface area (Å²) in [6.07, 6.45) is 1.33. The predicted octanol–water partition coefficient (Wildman–Crippen LogP) is 3.16. The van der Waals surface area contributed by atoms with Crippen LogP contribution in [0.1, 0.15) is 20.7 Å². The van der Waals surface area contributed by atoms with Crippen molar-refractivity contribution in [1.82, 2.24) is 0 Å². The van der Waals surface area contributed by atoms with Crippen LogP contribution >= 0.6 is 8.25 Å². The first-order valence-corrected chi connectivity index (χ1v) is 6.94. The van der Waals surface area contributed by atoms with Gasteiger partial charge in [0.1, 0.15) is 24.1 Å². The number of benzene rings is 2. The van der Waals surface area contributed by atoms with Crippen molar-refractivity contribution in [2.24, 2.45) is 0 Å². The molecule has 0 saturated carbocycles. The lowest BCUT2D eigenvalue weighted by Crippen LogP contribution is -1.90. The van der Waals surface area contributed by atoms with E-state index in [9.17, 15) is 14.2 Å². The minimum absolute atomic E-state index is 0.282. The van der Waals surface area contributed by atoms with Crippen LogP contribution in [0.5, 0.6) is 11.5 Å². The summed E-state index contributed by atoms with van der Waals surface area (Å²) in [7, 11) is -2.83. The minimum atomic E-state index is -2.83. The van der Waals surface area contributed by atoms with E-state index in [-0.39, 0.29) is 11.5 Å². The second-order valence-electron chi connectivity index (χ2n) is 3.83. The van der Waals surface area contributed by atoms with Gasteiger partial charge in [0.25, 0.3) is 0 Å². The summed E-state index contributed by atoms with van der Waals surface area (Å²) >= 11 is 0. The summed E-state index contributed by atoms with van der Waals surface area (Å²) in [4.78, 5) is 21.2. The fraction of sp³-hybridized carbons (Fsp3) is 0. The highest BCUT2D eigenvalue weighted by atomic mass is 31.1. The van der Waals surface area contributed by atoms with E-state index in [1.165, 1.54) is 12.1 Å². The van der Waals surface area contributed by atoms with Crippen LogP contribution < -0.4 is 9.05 Å². The summed E-state index contributed by atoms with van der Waals surface area (Å²) in [5, 5.41) is 0. The highest BCUT2D eigenvalue weighted by molar-refractivity contribution is 7.34. The summed E-state index contributed by atoms with van der Waals surface area (Å²) in [5.41, 5.74) is 0.834. The van der Waals surface area contributed by atoms with Gasteiger partial charge in [-0.25, -0.2) is 4.57 Å². The fourth-order valence-electron chi connectivity index (χ4n) is 1.52. The monoisotopic (exact) mass is 290 g/mol. The Labute approximate surface area is 116 Å². The molecular weight excluding hydrogens is 279 g/mol. The second kappa shape index (κ2) is 6.68. The first kappa shape index (κ1) is 14.0. The van der Waals surface area contributed by atoms with Gasteiger partial charge in [0.15, 0.2) is 0 Å². The topological polar surface area (TPSA) is 69.7 Å². The van der Waals surface area contributed by atoms with Gasteiger partial charge in [-0.05, 0) is 24.3 Å². The Morgan fingerprint density at radius 3 is 1.65 bits per heavy atom. The van der Waals surface area contributed by atoms with Crippen LogP contribution in [0.15, 0.2) is 48.5 Å². The van der Waals surface area contributed by atoms with E-state index < -0.39 is 8.25 Å². The molecule has 0 amide bonds. The summed E-state index contributed by atoms with van der Waals surface area (Å²) in [5.74, 6) is 0.565. The predicted molar refractivity (Wildman–Crippen MR) is 73.9 cm³/mol. The number of hydrogen-bond acceptors (Lipinski definition) is 5. The molecule has 5 nitrogen and oxygen atoms in total. The Balaban J connectivity index is 2.04. The van der Waals surface area contributed by atoms with E-state index >= 15 is 0 Å². The molecule has 0 heterocycles. The highest BCUT2D eigenvalue weighted by Crippen LogP contribution is 2.30. The van der Waals surface area contributed by atoms with Crippen LogP contribution in [0.25, 0.3) is 0 Å². The molecule has 0 aliphatic carbocycles. The SMILES string of the molecule is O=Cc1cccc(O[PH](=O)Oc2cccc(C=O)c2)c1. The van der Waals surface area contributed by atoms with E-state index in [2.05, 4.69) is 0 Å². The fourth-order valence-corrected chi connectivity index (χ4v) is 2.20. The van der Waals surface area contributed by atoms with Gasteiger partial charge in [0.2, 0.25) is 0 Å². The van der Waals surface area contributed by atoms with Gasteiger partial charge in [-0.15, -0.1) is 0 Å². The lowest BCUT2D eigenvalue weighted by atomic mass is 10.2. The molecule has 0 N–H and O–H groups in total. The second-order valence-corrected chi connectivity index (χ2v) is 4.74. The smallest absolute Gasteiger partial charge is 0.418 e. The van der Waals surface area contributed by atoms with Crippen LogP contribution in [-0.4, -0.2) is 12.6 Å². The Bertz CT molecular complexity index is 598. The van der Waals surface area contributed by atoms with Crippen molar-refractivity contribution in [2.75, 3.05) is 0 Å². The Morgan fingerprint density at radius 1 is 0.800 bits per heavy atom. The number of hydrogen-bond donors (Lipinski definition) is 0. The highest BCUT2D eigenvalue weighted by Gasteiger charge is 2.05. The minimum Gasteiger partial charge on any atom is -0.418 e. The number of rotatable bonds is 6. The number of aldehydes is 2. The quantitative estimate of drug-likeness (QED) is 0.603. The molecule has 0 unspecified atom stereocenters. The lowest BCUT2D eigenvalue weighted by Gasteiger charge is -2.08. The molecule has 0 aliphatic heterocycles. The molecule has 102 valence electrons. The maximum absolute atomic E-state index is 11.7. The van der Waals surface area contributed by atoms with Gasteiger partial charge in [-0.3, -0.25) is 9.59 Å². The Kier molecular flexibility index (Phi) is 4.69. The molecule has 2 aromatic carbocycles. The third-order valence-corrected chi connectivity index (χ3v) is 3.20. The van der Waals surface area contributed by atoms with Crippen molar-refractivity contribution in [3.8, 4) is 11.5 Å². The number of carbonyl (C=O) groups is 2. The largest absolute Gasteiger partial charge is 0.418 e. The molecule has 2 aromatic rings. The van der Waals surface area contributed by atoms with E-state index in [0.29, 0.717) is 23.7 Å². The normalized spacial score (nSPS) is 10.1. The first-order chi connectivity index (χ1) is 9.71. The van der Waals surface area contributed by atoms with Crippen LogP contribution in [0.4, 0.5) is 0 Å². The van der Waals surface area contributed by atoms with E-state index in [1.54, 1.807) is 36.4 Å². The van der Waals surface area contributed by atoms with Crippen molar-refractivity contribution >= 4 is 20.8 Å². The molecule has 0 aromatic heterocycles. The first-order valence-electron chi connectivity index (χ1n) is 5.71. The van der Waals surface area contributed by atoms with Crippen molar-refractivity contribution < 1.29 is 23.2 Å². The summed E-state index contributed by atoms with van der Waals surface area (Å²) in [6, 6.07) is 12.5. The molecule has 2 rings (SSSR count). The molecule has 0 spiro atoms. The zero-order valence-electron chi connectivity index (χ0n) is 10.3. The van der Waals surface area contributed by atoms with E-state index in [4.69, 9.17) is 9.05 Å². The zero-order valence-corrected chi connectivity index (χ0v) is 11.3. The lowest BCUT2D eigenvalue weighted by molar-refractivity contribution is 0.111. The zero-order chi connectivity index (χ0) is 14.4. The van der Waals surface area contributed by atoms with Crippen molar-refractivity contribution in [3.63, 3.8) is 0 Å². The maximum atomic E-state index is 11.7. The molecule has 0 fully saturated rings. The average molecular weight is 290 g/mol. The van der Waals surface area contributed by atoms with Gasteiger partial charge >= 0.3 is 8.25 Å². The van der Waals surface area contributed by atoms with Crippen LogP contribution in [0.2, 0.25) is 0 Å². The standard InChI is InChI=1S/C14H11O5P/c15-9-11-3-1-5-13(7-11)18-20(17)19-14-6-2-4-12(8-14)10-16/h1-10,20H. The molecule has 0 atom stereocenters. The van der Waals surface area contributed by atoms with Gasteiger partial charge in [0, 0.05) is 11.1 Å². The Morgan fingerprint density at radius 2 is 1.25 bits per heavy atom. The van der Waals surface area contributed by atoms with Crippen LogP contribution in [0.3, 0.4) is 0 Å². The van der Waals surface area contributed by atoms with Crippen LogP contribution in [-0.2, 0) is 4.57 Å². The van der Waals surface area contributed by atoms with Crippen molar-refractivity contribution in [2.45, 2.75) is 0 Å². The summed E-state index contributed by atoms with van der Waals surface area (Å²) in [6.45, 7) is 0. The van der Waals surface area contributed by atoms with Gasteiger partial charge in [-0.2, -0.15) is 0 Å². The average Bonchev–Trinajstić information content (AvgIpc) is 2.47. The molecule has 20 heavy (non-hydrogen) atoms. The molecule has 0 saturated heterocycles. The van der Waals surface area contributed by atoms with Crippen molar-refractivity contribution in [3.05, 3.63) is 59.7 Å². The van der Waals surface area contributed by atoms with E-state index in [0.717, 1.165) is 0 Å².